The van der Waals surface area contributed by atoms with Gasteiger partial charge in [0.1, 0.15) is 0 Å². The molecule has 0 heterocycles. The maximum atomic E-state index is 9.94. The summed E-state index contributed by atoms with van der Waals surface area (Å²) in [5.41, 5.74) is 0. The molecule has 0 aliphatic rings. The van der Waals surface area contributed by atoms with Crippen molar-refractivity contribution in [2.75, 3.05) is 0 Å². The number of aliphatic carboxylic acids is 2. The summed E-state index contributed by atoms with van der Waals surface area (Å²) in [6.07, 6.45) is 1.06. The summed E-state index contributed by atoms with van der Waals surface area (Å²) in [4.78, 5) is 19.8. The van der Waals surface area contributed by atoms with Gasteiger partial charge in [-0.05, 0) is 6.08 Å². The Morgan fingerprint density at radius 2 is 1.42 bits per heavy atom. The molecular formula is C6H6O6. The van der Waals surface area contributed by atoms with Crippen LogP contribution in [0.1, 0.15) is 0 Å². The van der Waals surface area contributed by atoms with Crippen molar-refractivity contribution in [1.29, 1.82) is 0 Å². The molecule has 0 rings (SSSR count). The topological polar surface area (TPSA) is 115 Å². The van der Waals surface area contributed by atoms with Gasteiger partial charge in [0.05, 0.1) is 0 Å². The van der Waals surface area contributed by atoms with Gasteiger partial charge >= 0.3 is 11.9 Å². The third-order valence-corrected chi connectivity index (χ3v) is 0.829. The Kier molecular flexibility index (Phi) is 3.35. The molecule has 0 spiro atoms. The van der Waals surface area contributed by atoms with Gasteiger partial charge in [-0.15, -0.1) is 0 Å². The Morgan fingerprint density at radius 1 is 0.917 bits per heavy atom. The van der Waals surface area contributed by atoms with E-state index in [0.717, 1.165) is 0 Å². The minimum atomic E-state index is -1.73. The predicted octanol–water partition coefficient (Wildman–Crippen LogP) is 0.0394. The van der Waals surface area contributed by atoms with Crippen LogP contribution < -0.4 is 0 Å². The first-order chi connectivity index (χ1) is 5.45. The van der Waals surface area contributed by atoms with Crippen molar-refractivity contribution >= 4 is 11.9 Å². The molecule has 0 unspecified atom stereocenters. The highest BCUT2D eigenvalue weighted by Crippen LogP contribution is 1.98. The van der Waals surface area contributed by atoms with E-state index in [1.807, 2.05) is 0 Å². The molecule has 0 saturated carbocycles. The number of hydrogen-bond donors (Lipinski definition) is 4. The van der Waals surface area contributed by atoms with Gasteiger partial charge in [0.2, 0.25) is 5.76 Å². The minimum Gasteiger partial charge on any atom is -0.504 e. The molecule has 0 aliphatic heterocycles. The van der Waals surface area contributed by atoms with Crippen LogP contribution in [0.5, 0.6) is 0 Å². The maximum absolute atomic E-state index is 9.94. The summed E-state index contributed by atoms with van der Waals surface area (Å²) < 4.78 is 0. The Balaban J connectivity index is 4.58. The molecule has 0 amide bonds. The van der Waals surface area contributed by atoms with Gasteiger partial charge < -0.3 is 20.4 Å². The van der Waals surface area contributed by atoms with E-state index in [-0.39, 0.29) is 0 Å². The molecule has 0 aromatic rings. The SMILES string of the molecule is O=C(O)C=CC(O)=C(O)C(=O)O. The number of carboxylic acids is 2. The van der Waals surface area contributed by atoms with Crippen molar-refractivity contribution in [2.45, 2.75) is 0 Å². The molecule has 0 atom stereocenters. The summed E-state index contributed by atoms with van der Waals surface area (Å²) in [6.45, 7) is 0. The number of hydrogen-bond acceptors (Lipinski definition) is 4. The first-order valence-corrected chi connectivity index (χ1v) is 2.71. The normalized spacial score (nSPS) is 12.7. The maximum Gasteiger partial charge on any atom is 0.374 e. The number of carbonyl (C=O) groups is 2. The first-order valence-electron chi connectivity index (χ1n) is 2.71. The summed E-state index contributed by atoms with van der Waals surface area (Å²) in [5, 5.41) is 33.2. The molecular weight excluding hydrogens is 168 g/mol. The van der Waals surface area contributed by atoms with Gasteiger partial charge in [-0.25, -0.2) is 9.59 Å². The minimum absolute atomic E-state index is 0.495. The van der Waals surface area contributed by atoms with Crippen LogP contribution in [0.4, 0.5) is 0 Å². The van der Waals surface area contributed by atoms with Crippen LogP contribution in [0.3, 0.4) is 0 Å². The molecule has 66 valence electrons. The Hall–Kier alpha value is -1.98. The van der Waals surface area contributed by atoms with Gasteiger partial charge in [-0.1, -0.05) is 0 Å². The zero-order valence-electron chi connectivity index (χ0n) is 5.76. The highest BCUT2D eigenvalue weighted by molar-refractivity contribution is 5.85. The van der Waals surface area contributed by atoms with E-state index in [0.29, 0.717) is 12.2 Å². The fourth-order valence-corrected chi connectivity index (χ4v) is 0.339. The van der Waals surface area contributed by atoms with E-state index in [1.165, 1.54) is 0 Å². The fraction of sp³-hybridized carbons (Fsp3) is 0. The van der Waals surface area contributed by atoms with Crippen molar-refractivity contribution in [3.8, 4) is 0 Å². The van der Waals surface area contributed by atoms with Crippen molar-refractivity contribution in [3.63, 3.8) is 0 Å². The van der Waals surface area contributed by atoms with Gasteiger partial charge in [-0.3, -0.25) is 0 Å². The predicted molar refractivity (Wildman–Crippen MR) is 36.7 cm³/mol. The van der Waals surface area contributed by atoms with Crippen LogP contribution in [0.2, 0.25) is 0 Å². The van der Waals surface area contributed by atoms with Gasteiger partial charge in [0, 0.05) is 6.08 Å². The van der Waals surface area contributed by atoms with Crippen molar-refractivity contribution < 1.29 is 30.0 Å². The van der Waals surface area contributed by atoms with Crippen LogP contribution in [-0.2, 0) is 9.59 Å². The third-order valence-electron chi connectivity index (χ3n) is 0.829. The quantitative estimate of drug-likeness (QED) is 0.273. The second kappa shape index (κ2) is 4.02. The molecule has 0 aromatic carbocycles. The molecule has 0 saturated heterocycles. The van der Waals surface area contributed by atoms with E-state index in [4.69, 9.17) is 20.4 Å². The van der Waals surface area contributed by atoms with E-state index in [2.05, 4.69) is 0 Å². The van der Waals surface area contributed by atoms with Gasteiger partial charge in [0.15, 0.2) is 5.76 Å². The summed E-state index contributed by atoms with van der Waals surface area (Å²) >= 11 is 0. The lowest BCUT2D eigenvalue weighted by atomic mass is 10.3. The summed E-state index contributed by atoms with van der Waals surface area (Å²) in [5.74, 6) is -5.40. The Morgan fingerprint density at radius 3 is 1.75 bits per heavy atom. The molecule has 4 N–H and O–H groups in total. The van der Waals surface area contributed by atoms with Gasteiger partial charge in [0.25, 0.3) is 0 Å². The van der Waals surface area contributed by atoms with Crippen molar-refractivity contribution in [3.05, 3.63) is 23.7 Å². The Bertz CT molecular complexity index is 261. The van der Waals surface area contributed by atoms with Crippen molar-refractivity contribution in [2.24, 2.45) is 0 Å². The lowest BCUT2D eigenvalue weighted by Gasteiger charge is -1.92. The lowest BCUT2D eigenvalue weighted by molar-refractivity contribution is -0.136. The highest BCUT2D eigenvalue weighted by Gasteiger charge is 2.09. The zero-order valence-corrected chi connectivity index (χ0v) is 5.76. The zero-order chi connectivity index (χ0) is 9.72. The molecule has 0 aromatic heterocycles. The molecule has 6 heteroatoms. The number of aliphatic hydroxyl groups excluding tert-OH is 2. The van der Waals surface area contributed by atoms with Gasteiger partial charge in [-0.2, -0.15) is 0 Å². The molecule has 0 radical (unpaired) electrons. The Labute approximate surface area is 66.7 Å². The fourth-order valence-electron chi connectivity index (χ4n) is 0.339. The lowest BCUT2D eigenvalue weighted by Crippen LogP contribution is -2.02. The van der Waals surface area contributed by atoms with E-state index >= 15 is 0 Å². The largest absolute Gasteiger partial charge is 0.504 e. The van der Waals surface area contributed by atoms with E-state index < -0.39 is 23.5 Å². The molecule has 0 aliphatic carbocycles. The number of allylic oxidation sites excluding steroid dienone is 1. The number of carboxylic acid groups (broad SMARTS) is 2. The van der Waals surface area contributed by atoms with E-state index in [1.54, 1.807) is 0 Å². The molecule has 0 fully saturated rings. The van der Waals surface area contributed by atoms with Crippen LogP contribution in [0.25, 0.3) is 0 Å². The molecule has 12 heavy (non-hydrogen) atoms. The second-order valence-electron chi connectivity index (χ2n) is 1.71. The number of aliphatic hydroxyl groups is 2. The third kappa shape index (κ3) is 3.25. The van der Waals surface area contributed by atoms with Crippen LogP contribution in [-0.4, -0.2) is 32.4 Å². The highest BCUT2D eigenvalue weighted by atomic mass is 16.4. The molecule has 6 nitrogen and oxygen atoms in total. The average molecular weight is 174 g/mol. The monoisotopic (exact) mass is 174 g/mol. The number of rotatable bonds is 3. The summed E-state index contributed by atoms with van der Waals surface area (Å²) in [7, 11) is 0. The smallest absolute Gasteiger partial charge is 0.374 e. The average Bonchev–Trinajstić information content (AvgIpc) is 1.98. The molecule has 0 bridgehead atoms. The van der Waals surface area contributed by atoms with E-state index in [9.17, 15) is 9.59 Å². The van der Waals surface area contributed by atoms with Crippen LogP contribution in [0, 0.1) is 0 Å². The first kappa shape index (κ1) is 10.0. The van der Waals surface area contributed by atoms with Crippen molar-refractivity contribution in [1.82, 2.24) is 0 Å². The van der Waals surface area contributed by atoms with Crippen LogP contribution >= 0.6 is 0 Å². The standard InChI is InChI=1S/C6H6O6/c7-3(1-2-4(8)9)5(10)6(11)12/h1-2,7,10H,(H,8,9)(H,11,12). The second-order valence-corrected chi connectivity index (χ2v) is 1.71. The summed E-state index contributed by atoms with van der Waals surface area (Å²) in [6, 6.07) is 0. The van der Waals surface area contributed by atoms with Crippen LogP contribution in [0.15, 0.2) is 23.7 Å².